The minimum absolute atomic E-state index is 0.420. The Morgan fingerprint density at radius 3 is 2.62 bits per heavy atom. The quantitative estimate of drug-likeness (QED) is 0.484. The van der Waals surface area contributed by atoms with Crippen LogP contribution < -0.4 is 5.63 Å². The van der Waals surface area contributed by atoms with E-state index < -0.39 is 11.3 Å². The van der Waals surface area contributed by atoms with Gasteiger partial charge in [-0.1, -0.05) is 32.1 Å². The normalized spacial score (nSPS) is 20.6. The maximum atomic E-state index is 15.7. The highest BCUT2D eigenvalue weighted by Crippen LogP contribution is 2.38. The Labute approximate surface area is 201 Å². The molecule has 2 aromatic rings. The average Bonchev–Trinajstić information content (AvgIpc) is 2.81. The number of alkyl halides is 1. The third kappa shape index (κ3) is 4.78. The van der Waals surface area contributed by atoms with Gasteiger partial charge in [-0.05, 0) is 69.8 Å². The summed E-state index contributed by atoms with van der Waals surface area (Å²) in [6, 6.07) is 7.25. The zero-order valence-electron chi connectivity index (χ0n) is 20.8. The fourth-order valence-electron chi connectivity index (χ4n) is 4.82. The van der Waals surface area contributed by atoms with E-state index in [0.29, 0.717) is 29.6 Å². The summed E-state index contributed by atoms with van der Waals surface area (Å²) in [7, 11) is 0. The van der Waals surface area contributed by atoms with Gasteiger partial charge < -0.3 is 14.2 Å². The lowest BCUT2D eigenvalue weighted by molar-refractivity contribution is 0.0585. The number of hydrogen-bond acceptors (Lipinski definition) is 5. The topological polar surface area (TPSA) is 49.0 Å². The lowest BCUT2D eigenvalue weighted by Gasteiger charge is -2.36. The van der Waals surface area contributed by atoms with Gasteiger partial charge in [0.1, 0.15) is 11.3 Å². The van der Waals surface area contributed by atoms with E-state index in [2.05, 4.69) is 29.8 Å². The first kappa shape index (κ1) is 24.1. The molecule has 180 valence electrons. The van der Waals surface area contributed by atoms with Crippen LogP contribution in [0.1, 0.15) is 65.0 Å². The molecule has 5 nitrogen and oxygen atoms in total. The smallest absolute Gasteiger partial charge is 0.343 e. The van der Waals surface area contributed by atoms with Gasteiger partial charge in [-0.15, -0.1) is 0 Å². The van der Waals surface area contributed by atoms with Gasteiger partial charge >= 0.3 is 5.63 Å². The summed E-state index contributed by atoms with van der Waals surface area (Å²) in [6.07, 6.45) is 7.80. The summed E-state index contributed by atoms with van der Waals surface area (Å²) >= 11 is 0. The fourth-order valence-corrected chi connectivity index (χ4v) is 4.82. The van der Waals surface area contributed by atoms with Crippen molar-refractivity contribution >= 4 is 22.3 Å². The molecule has 0 radical (unpaired) electrons. The van der Waals surface area contributed by atoms with Crippen molar-refractivity contribution in [3.8, 4) is 0 Å². The Balaban J connectivity index is 1.66. The molecule has 0 amide bonds. The number of allylic oxidation sites excluding steroid dienone is 4. The van der Waals surface area contributed by atoms with Gasteiger partial charge in [0, 0.05) is 30.9 Å². The molecule has 0 bridgehead atoms. The summed E-state index contributed by atoms with van der Waals surface area (Å²) in [5.74, 6) is 0. The van der Waals surface area contributed by atoms with E-state index in [1.807, 2.05) is 56.3 Å². The van der Waals surface area contributed by atoms with Crippen LogP contribution in [0.25, 0.3) is 16.5 Å². The zero-order chi connectivity index (χ0) is 24.5. The highest BCUT2D eigenvalue weighted by molar-refractivity contribution is 5.99. The molecule has 34 heavy (non-hydrogen) atoms. The van der Waals surface area contributed by atoms with Crippen LogP contribution in [0.4, 0.5) is 4.39 Å². The third-order valence-corrected chi connectivity index (χ3v) is 6.82. The molecule has 3 heterocycles. The molecule has 2 aliphatic rings. The standard InChI is InChI=1S/C28H34FN3O2/c1-6-8-25-21(5)30-20(4)18-32(25)17-19(3)24-15-22-9-10-23(16-26(22)34-27(24)33)28(29)11-13-31(7-2)14-12-28/h8-10,15-18H,6-7,11-14H2,1-5H3/b19-17+,25-8-. The van der Waals surface area contributed by atoms with Crippen molar-refractivity contribution in [2.24, 2.45) is 4.99 Å². The molecule has 1 saturated heterocycles. The number of fused-ring (bicyclic) bond motifs is 1. The van der Waals surface area contributed by atoms with Crippen molar-refractivity contribution in [1.29, 1.82) is 0 Å². The second-order valence-electron chi connectivity index (χ2n) is 9.28. The number of likely N-dealkylation sites (tertiary alicyclic amines) is 1. The van der Waals surface area contributed by atoms with E-state index in [-0.39, 0.29) is 0 Å². The minimum Gasteiger partial charge on any atom is -0.422 e. The van der Waals surface area contributed by atoms with Gasteiger partial charge in [-0.3, -0.25) is 4.99 Å². The summed E-state index contributed by atoms with van der Waals surface area (Å²) in [5.41, 5.74) is 3.34. The van der Waals surface area contributed by atoms with Gasteiger partial charge in [-0.25, -0.2) is 9.18 Å². The van der Waals surface area contributed by atoms with Crippen LogP contribution in [0, 0.1) is 0 Å². The van der Waals surface area contributed by atoms with E-state index in [0.717, 1.165) is 54.1 Å². The lowest BCUT2D eigenvalue weighted by Crippen LogP contribution is -2.40. The molecule has 0 N–H and O–H groups in total. The number of hydrogen-bond donors (Lipinski definition) is 0. The minimum atomic E-state index is -1.38. The predicted octanol–water partition coefficient (Wildman–Crippen LogP) is 6.37. The molecular formula is C28H34FN3O2. The number of aliphatic imine (C=N–C) groups is 1. The molecule has 1 aromatic carbocycles. The van der Waals surface area contributed by atoms with Crippen LogP contribution in [-0.2, 0) is 5.67 Å². The third-order valence-electron chi connectivity index (χ3n) is 6.82. The van der Waals surface area contributed by atoms with Crippen molar-refractivity contribution in [3.63, 3.8) is 0 Å². The molecule has 6 heteroatoms. The van der Waals surface area contributed by atoms with Crippen LogP contribution >= 0.6 is 0 Å². The van der Waals surface area contributed by atoms with E-state index in [1.54, 1.807) is 6.07 Å². The van der Waals surface area contributed by atoms with Gasteiger partial charge in [0.15, 0.2) is 0 Å². The maximum Gasteiger partial charge on any atom is 0.343 e. The second kappa shape index (κ2) is 9.71. The molecule has 0 atom stereocenters. The first-order chi connectivity index (χ1) is 16.2. The van der Waals surface area contributed by atoms with Gasteiger partial charge in [0.25, 0.3) is 0 Å². The number of halogens is 1. The molecule has 0 unspecified atom stereocenters. The van der Waals surface area contributed by atoms with Crippen molar-refractivity contribution in [3.05, 3.63) is 75.7 Å². The molecule has 0 aliphatic carbocycles. The Morgan fingerprint density at radius 1 is 1.21 bits per heavy atom. The molecule has 0 saturated carbocycles. The van der Waals surface area contributed by atoms with E-state index in [9.17, 15) is 4.79 Å². The van der Waals surface area contributed by atoms with E-state index >= 15 is 4.39 Å². The molecule has 1 fully saturated rings. The molecular weight excluding hydrogens is 429 g/mol. The van der Waals surface area contributed by atoms with Crippen molar-refractivity contribution in [1.82, 2.24) is 9.80 Å². The first-order valence-corrected chi connectivity index (χ1v) is 12.1. The number of benzene rings is 1. The maximum absolute atomic E-state index is 15.7. The predicted molar refractivity (Wildman–Crippen MR) is 137 cm³/mol. The van der Waals surface area contributed by atoms with Gasteiger partial charge in [0.2, 0.25) is 0 Å². The van der Waals surface area contributed by atoms with Crippen molar-refractivity contribution in [2.75, 3.05) is 19.6 Å². The number of piperidine rings is 1. The summed E-state index contributed by atoms with van der Waals surface area (Å²) in [6.45, 7) is 12.4. The number of nitrogens with zero attached hydrogens (tertiary/aromatic N) is 3. The monoisotopic (exact) mass is 463 g/mol. The Hall–Kier alpha value is -2.99. The summed E-state index contributed by atoms with van der Waals surface area (Å²) < 4.78 is 21.4. The van der Waals surface area contributed by atoms with Gasteiger partial charge in [0.05, 0.1) is 22.7 Å². The SMILES string of the molecule is CC/C=C1/C(C)=NC(C)=CN1/C=C(\C)c1cc2ccc(C3(F)CCN(CC)CC3)cc2oc1=O. The van der Waals surface area contributed by atoms with Gasteiger partial charge in [-0.2, -0.15) is 0 Å². The lowest BCUT2D eigenvalue weighted by atomic mass is 9.85. The largest absolute Gasteiger partial charge is 0.422 e. The summed E-state index contributed by atoms with van der Waals surface area (Å²) in [5, 5.41) is 0.785. The summed E-state index contributed by atoms with van der Waals surface area (Å²) in [4.78, 5) is 21.7. The van der Waals surface area contributed by atoms with E-state index in [1.165, 1.54) is 0 Å². The average molecular weight is 464 g/mol. The zero-order valence-corrected chi connectivity index (χ0v) is 20.8. The van der Waals surface area contributed by atoms with Crippen LogP contribution in [0.2, 0.25) is 0 Å². The molecule has 4 rings (SSSR count). The molecule has 1 aromatic heterocycles. The van der Waals surface area contributed by atoms with Crippen molar-refractivity contribution in [2.45, 2.75) is 59.5 Å². The number of rotatable bonds is 5. The Kier molecular flexibility index (Phi) is 6.89. The Morgan fingerprint density at radius 2 is 1.94 bits per heavy atom. The Bertz CT molecular complexity index is 1260. The van der Waals surface area contributed by atoms with E-state index in [4.69, 9.17) is 4.42 Å². The second-order valence-corrected chi connectivity index (χ2v) is 9.28. The molecule has 2 aliphatic heterocycles. The first-order valence-electron chi connectivity index (χ1n) is 12.1. The fraction of sp³-hybridized carbons (Fsp3) is 0.429. The van der Waals surface area contributed by atoms with Crippen LogP contribution in [0.3, 0.4) is 0 Å². The van der Waals surface area contributed by atoms with Crippen LogP contribution in [0.5, 0.6) is 0 Å². The molecule has 0 spiro atoms. The highest BCUT2D eigenvalue weighted by Gasteiger charge is 2.36. The van der Waals surface area contributed by atoms with Crippen LogP contribution in [-0.4, -0.2) is 35.1 Å². The highest BCUT2D eigenvalue weighted by atomic mass is 19.1. The van der Waals surface area contributed by atoms with Crippen molar-refractivity contribution < 1.29 is 8.81 Å². The van der Waals surface area contributed by atoms with Crippen LogP contribution in [0.15, 0.2) is 68.3 Å².